The van der Waals surface area contributed by atoms with E-state index in [9.17, 15) is 4.79 Å². The Hall–Kier alpha value is -0.320. The fourth-order valence-electron chi connectivity index (χ4n) is 0.949. The van der Waals surface area contributed by atoms with E-state index in [0.717, 1.165) is 13.1 Å². The summed E-state index contributed by atoms with van der Waals surface area (Å²) in [4.78, 5) is 13.5. The van der Waals surface area contributed by atoms with Crippen LogP contribution in [0.15, 0.2) is 0 Å². The first-order chi connectivity index (χ1) is 6.49. The highest BCUT2D eigenvalue weighted by atomic mass is 35.5. The topological polar surface area (TPSA) is 58.4 Å². The van der Waals surface area contributed by atoms with Gasteiger partial charge in [-0.3, -0.25) is 4.79 Å². The lowest BCUT2D eigenvalue weighted by atomic mass is 10.1. The van der Waals surface area contributed by atoms with Gasteiger partial charge in [-0.05, 0) is 19.5 Å². The summed E-state index contributed by atoms with van der Waals surface area (Å²) in [6.45, 7) is 8.51. The van der Waals surface area contributed by atoms with Crippen LogP contribution in [0.1, 0.15) is 20.8 Å². The van der Waals surface area contributed by atoms with Gasteiger partial charge in [0, 0.05) is 13.1 Å². The van der Waals surface area contributed by atoms with E-state index in [2.05, 4.69) is 17.1 Å². The third-order valence-electron chi connectivity index (χ3n) is 2.35. The van der Waals surface area contributed by atoms with Gasteiger partial charge in [0.2, 0.25) is 5.91 Å². The second-order valence-electron chi connectivity index (χ2n) is 3.96. The third-order valence-corrected chi connectivity index (χ3v) is 2.35. The van der Waals surface area contributed by atoms with Gasteiger partial charge in [0.15, 0.2) is 0 Å². The first-order valence-corrected chi connectivity index (χ1v) is 5.20. The Labute approximate surface area is 99.0 Å². The lowest BCUT2D eigenvalue weighted by molar-refractivity contribution is -0.123. The molecule has 0 rings (SSSR count). The number of likely N-dealkylation sites (N-methyl/N-ethyl adjacent to an activating group) is 1. The first-order valence-electron chi connectivity index (χ1n) is 5.20. The van der Waals surface area contributed by atoms with Crippen molar-refractivity contribution in [2.75, 3.05) is 26.7 Å². The van der Waals surface area contributed by atoms with Crippen molar-refractivity contribution < 1.29 is 4.79 Å². The van der Waals surface area contributed by atoms with E-state index >= 15 is 0 Å². The molecule has 0 spiro atoms. The van der Waals surface area contributed by atoms with Gasteiger partial charge in [-0.15, -0.1) is 12.4 Å². The number of carbonyl (C=O) groups excluding carboxylic acids is 1. The molecule has 0 aromatic heterocycles. The number of nitrogens with zero attached hydrogens (tertiary/aromatic N) is 1. The van der Waals surface area contributed by atoms with Crippen molar-refractivity contribution >= 4 is 18.3 Å². The number of hydrogen-bond acceptors (Lipinski definition) is 3. The largest absolute Gasteiger partial charge is 0.353 e. The molecule has 0 heterocycles. The summed E-state index contributed by atoms with van der Waals surface area (Å²) >= 11 is 0. The summed E-state index contributed by atoms with van der Waals surface area (Å²) in [5.41, 5.74) is 5.68. The van der Waals surface area contributed by atoms with Crippen LogP contribution in [-0.2, 0) is 4.79 Å². The monoisotopic (exact) mass is 237 g/mol. The number of rotatable bonds is 6. The van der Waals surface area contributed by atoms with Crippen molar-refractivity contribution in [3.63, 3.8) is 0 Å². The molecule has 92 valence electrons. The lowest BCUT2D eigenvalue weighted by Gasteiger charge is -2.17. The quantitative estimate of drug-likeness (QED) is 0.706. The van der Waals surface area contributed by atoms with Gasteiger partial charge in [-0.1, -0.05) is 20.8 Å². The number of nitrogens with one attached hydrogen (secondary N) is 1. The van der Waals surface area contributed by atoms with Gasteiger partial charge in [0.05, 0.1) is 6.04 Å². The fourth-order valence-corrected chi connectivity index (χ4v) is 0.949. The molecule has 0 aromatic rings. The predicted molar refractivity (Wildman–Crippen MR) is 66.2 cm³/mol. The van der Waals surface area contributed by atoms with Gasteiger partial charge < -0.3 is 16.0 Å². The average Bonchev–Trinajstić information content (AvgIpc) is 2.15. The molecule has 1 atom stereocenters. The van der Waals surface area contributed by atoms with Gasteiger partial charge in [-0.25, -0.2) is 0 Å². The van der Waals surface area contributed by atoms with Crippen LogP contribution < -0.4 is 11.1 Å². The van der Waals surface area contributed by atoms with Crippen LogP contribution >= 0.6 is 12.4 Å². The molecule has 0 aliphatic carbocycles. The van der Waals surface area contributed by atoms with Crippen molar-refractivity contribution in [1.29, 1.82) is 0 Å². The van der Waals surface area contributed by atoms with E-state index in [4.69, 9.17) is 5.73 Å². The summed E-state index contributed by atoms with van der Waals surface area (Å²) in [6, 6.07) is -0.387. The molecular formula is C10H24ClN3O. The van der Waals surface area contributed by atoms with Crippen molar-refractivity contribution in [3.8, 4) is 0 Å². The molecule has 5 heteroatoms. The Morgan fingerprint density at radius 2 is 2.00 bits per heavy atom. The summed E-state index contributed by atoms with van der Waals surface area (Å²) in [5.74, 6) is 0.142. The molecule has 1 amide bonds. The van der Waals surface area contributed by atoms with E-state index in [0.29, 0.717) is 6.54 Å². The third kappa shape index (κ3) is 7.59. The lowest BCUT2D eigenvalue weighted by Crippen LogP contribution is -2.45. The molecule has 4 nitrogen and oxygen atoms in total. The van der Waals surface area contributed by atoms with E-state index in [1.165, 1.54) is 0 Å². The maximum absolute atomic E-state index is 11.4. The summed E-state index contributed by atoms with van der Waals surface area (Å²) in [5, 5.41) is 2.82. The second kappa shape index (κ2) is 8.95. The van der Waals surface area contributed by atoms with Crippen LogP contribution in [0.4, 0.5) is 0 Å². The Kier molecular flexibility index (Phi) is 10.2. The number of halogens is 1. The molecular weight excluding hydrogens is 214 g/mol. The Morgan fingerprint density at radius 3 is 2.40 bits per heavy atom. The standard InChI is InChI=1S/C10H23N3O.ClH/c1-5-13(4)7-6-12-10(14)9(11)8(2)3;/h8-9H,5-7,11H2,1-4H3,(H,12,14);1H/t9-;/m0./s1. The SMILES string of the molecule is CCN(C)CCNC(=O)[C@@H](N)C(C)C.Cl. The van der Waals surface area contributed by atoms with Crippen LogP contribution in [0, 0.1) is 5.92 Å². The summed E-state index contributed by atoms with van der Waals surface area (Å²) in [6.07, 6.45) is 0. The van der Waals surface area contributed by atoms with Crippen molar-refractivity contribution in [1.82, 2.24) is 10.2 Å². The number of hydrogen-bond donors (Lipinski definition) is 2. The molecule has 0 fully saturated rings. The Balaban J connectivity index is 0. The van der Waals surface area contributed by atoms with Crippen LogP contribution in [0.25, 0.3) is 0 Å². The van der Waals surface area contributed by atoms with E-state index < -0.39 is 0 Å². The normalized spacial score (nSPS) is 12.5. The minimum absolute atomic E-state index is 0. The molecule has 0 bridgehead atoms. The van der Waals surface area contributed by atoms with E-state index in [-0.39, 0.29) is 30.3 Å². The maximum Gasteiger partial charge on any atom is 0.237 e. The van der Waals surface area contributed by atoms with Crippen molar-refractivity contribution in [2.45, 2.75) is 26.8 Å². The van der Waals surface area contributed by atoms with Crippen molar-refractivity contribution in [3.05, 3.63) is 0 Å². The number of amides is 1. The minimum Gasteiger partial charge on any atom is -0.353 e. The zero-order valence-electron chi connectivity index (χ0n) is 10.1. The highest BCUT2D eigenvalue weighted by Gasteiger charge is 2.16. The maximum atomic E-state index is 11.4. The average molecular weight is 238 g/mol. The second-order valence-corrected chi connectivity index (χ2v) is 3.96. The Bertz CT molecular complexity index is 176. The fraction of sp³-hybridized carbons (Fsp3) is 0.900. The Morgan fingerprint density at radius 1 is 1.47 bits per heavy atom. The molecule has 0 aliphatic heterocycles. The molecule has 0 unspecified atom stereocenters. The minimum atomic E-state index is -0.387. The van der Waals surface area contributed by atoms with Gasteiger partial charge in [0.25, 0.3) is 0 Å². The number of nitrogens with two attached hydrogens (primary N) is 1. The summed E-state index contributed by atoms with van der Waals surface area (Å²) in [7, 11) is 2.02. The molecule has 15 heavy (non-hydrogen) atoms. The first kappa shape index (κ1) is 17.1. The smallest absolute Gasteiger partial charge is 0.237 e. The number of carbonyl (C=O) groups is 1. The van der Waals surface area contributed by atoms with Crippen LogP contribution in [0.3, 0.4) is 0 Å². The van der Waals surface area contributed by atoms with Crippen LogP contribution in [0.2, 0.25) is 0 Å². The molecule has 3 N–H and O–H groups in total. The predicted octanol–water partition coefficient (Wildman–Crippen LogP) is 0.459. The van der Waals surface area contributed by atoms with Crippen molar-refractivity contribution in [2.24, 2.45) is 11.7 Å². The molecule has 0 saturated heterocycles. The van der Waals surface area contributed by atoms with Crippen LogP contribution in [0.5, 0.6) is 0 Å². The van der Waals surface area contributed by atoms with Crippen LogP contribution in [-0.4, -0.2) is 43.5 Å². The van der Waals surface area contributed by atoms with Gasteiger partial charge >= 0.3 is 0 Å². The van der Waals surface area contributed by atoms with E-state index in [1.54, 1.807) is 0 Å². The summed E-state index contributed by atoms with van der Waals surface area (Å²) < 4.78 is 0. The highest BCUT2D eigenvalue weighted by Crippen LogP contribution is 1.97. The molecule has 0 saturated carbocycles. The molecule has 0 aromatic carbocycles. The van der Waals surface area contributed by atoms with Gasteiger partial charge in [-0.2, -0.15) is 0 Å². The zero-order valence-corrected chi connectivity index (χ0v) is 10.9. The zero-order chi connectivity index (χ0) is 11.1. The molecule has 0 aliphatic rings. The highest BCUT2D eigenvalue weighted by molar-refractivity contribution is 5.85. The van der Waals surface area contributed by atoms with E-state index in [1.807, 2.05) is 20.9 Å². The molecule has 0 radical (unpaired) electrons. The van der Waals surface area contributed by atoms with Gasteiger partial charge in [0.1, 0.15) is 0 Å².